The van der Waals surface area contributed by atoms with Gasteiger partial charge in [-0.1, -0.05) is 107 Å². The Morgan fingerprint density at radius 2 is 1.20 bits per heavy atom. The van der Waals surface area contributed by atoms with Crippen LogP contribution in [0.2, 0.25) is 0 Å². The van der Waals surface area contributed by atoms with Gasteiger partial charge in [0.1, 0.15) is 11.4 Å². The molecule has 0 unspecified atom stereocenters. The molecule has 0 saturated heterocycles. The number of para-hydroxylation sites is 1. The van der Waals surface area contributed by atoms with Crippen LogP contribution in [0, 0.1) is 0 Å². The molecular formula is C27H21BrN2. The quantitative estimate of drug-likeness (QED) is 0.340. The van der Waals surface area contributed by atoms with E-state index in [0.717, 1.165) is 32.7 Å². The largest absolute Gasteiger partial charge is 0.329 e. The molecule has 146 valence electrons. The van der Waals surface area contributed by atoms with Crippen LogP contribution < -0.4 is 4.90 Å². The number of amidine groups is 1. The lowest BCUT2D eigenvalue weighted by molar-refractivity contribution is 0.644. The summed E-state index contributed by atoms with van der Waals surface area (Å²) in [6.45, 7) is 0. The Morgan fingerprint density at radius 1 is 0.667 bits per heavy atom. The normalized spacial score (nSPS) is 14.7. The van der Waals surface area contributed by atoms with Gasteiger partial charge in [-0.05, 0) is 29.3 Å². The molecule has 1 aliphatic rings. The van der Waals surface area contributed by atoms with Gasteiger partial charge in [0.15, 0.2) is 0 Å². The van der Waals surface area contributed by atoms with Crippen molar-refractivity contribution in [3.8, 4) is 0 Å². The highest BCUT2D eigenvalue weighted by atomic mass is 79.9. The third-order valence-electron chi connectivity index (χ3n) is 5.73. The van der Waals surface area contributed by atoms with Crippen LogP contribution in [0.3, 0.4) is 0 Å². The van der Waals surface area contributed by atoms with Crippen molar-refractivity contribution in [2.45, 2.75) is 5.54 Å². The van der Waals surface area contributed by atoms with Crippen molar-refractivity contribution in [3.05, 3.63) is 136 Å². The molecule has 1 aliphatic heterocycles. The number of benzene rings is 4. The van der Waals surface area contributed by atoms with Crippen molar-refractivity contribution in [3.63, 3.8) is 0 Å². The van der Waals surface area contributed by atoms with Crippen LogP contribution >= 0.6 is 15.9 Å². The Labute approximate surface area is 185 Å². The zero-order chi connectivity index (χ0) is 20.6. The van der Waals surface area contributed by atoms with Crippen LogP contribution in [0.5, 0.6) is 0 Å². The van der Waals surface area contributed by atoms with E-state index in [-0.39, 0.29) is 0 Å². The number of nitrogens with zero attached hydrogens (tertiary/aromatic N) is 2. The Bertz CT molecular complexity index is 1160. The Balaban J connectivity index is 1.88. The minimum atomic E-state index is -0.617. The third-order valence-corrected chi connectivity index (χ3v) is 6.26. The molecule has 0 atom stereocenters. The first-order valence-electron chi connectivity index (χ1n) is 10.0. The maximum Gasteiger partial charge on any atom is 0.140 e. The number of fused-ring (bicyclic) bond motifs is 1. The summed E-state index contributed by atoms with van der Waals surface area (Å²) in [4.78, 5) is 7.70. The van der Waals surface area contributed by atoms with Crippen LogP contribution in [0.15, 0.2) is 119 Å². The lowest BCUT2D eigenvalue weighted by Crippen LogP contribution is -2.41. The number of rotatable bonds is 3. The fourth-order valence-corrected chi connectivity index (χ4v) is 4.57. The molecule has 0 aromatic heterocycles. The molecule has 0 aliphatic carbocycles. The van der Waals surface area contributed by atoms with Crippen molar-refractivity contribution < 1.29 is 0 Å². The SMILES string of the molecule is CN1C(c2ccc(Br)cc2)=NC(c2ccccc2)(c2ccccc2)c2ccccc21. The first-order chi connectivity index (χ1) is 14.7. The van der Waals surface area contributed by atoms with Crippen LogP contribution in [0.4, 0.5) is 5.69 Å². The predicted octanol–water partition coefficient (Wildman–Crippen LogP) is 6.64. The first kappa shape index (κ1) is 18.8. The summed E-state index contributed by atoms with van der Waals surface area (Å²) in [6.07, 6.45) is 0. The molecule has 0 spiro atoms. The molecule has 3 heteroatoms. The van der Waals surface area contributed by atoms with E-state index in [0.29, 0.717) is 0 Å². The van der Waals surface area contributed by atoms with Crippen molar-refractivity contribution in [1.82, 2.24) is 0 Å². The van der Waals surface area contributed by atoms with E-state index in [1.165, 1.54) is 5.56 Å². The van der Waals surface area contributed by atoms with Crippen molar-refractivity contribution >= 4 is 27.5 Å². The van der Waals surface area contributed by atoms with E-state index in [4.69, 9.17) is 4.99 Å². The van der Waals surface area contributed by atoms with E-state index in [1.807, 2.05) is 0 Å². The standard InChI is InChI=1S/C27H21BrN2/c1-30-25-15-9-8-14-24(25)27(21-10-4-2-5-11-21,22-12-6-3-7-13-22)29-26(30)20-16-18-23(28)19-17-20/h2-19H,1H3. The zero-order valence-corrected chi connectivity index (χ0v) is 18.3. The van der Waals surface area contributed by atoms with Gasteiger partial charge in [-0.3, -0.25) is 0 Å². The van der Waals surface area contributed by atoms with E-state index in [9.17, 15) is 0 Å². The highest BCUT2D eigenvalue weighted by Gasteiger charge is 2.42. The number of halogens is 1. The van der Waals surface area contributed by atoms with Crippen molar-refractivity contribution in [2.75, 3.05) is 11.9 Å². The van der Waals surface area contributed by atoms with Crippen molar-refractivity contribution in [1.29, 1.82) is 0 Å². The Hall–Kier alpha value is -3.17. The number of hydrogen-bond donors (Lipinski definition) is 0. The predicted molar refractivity (Wildman–Crippen MR) is 128 cm³/mol. The summed E-state index contributed by atoms with van der Waals surface area (Å²) in [6, 6.07) is 38.2. The van der Waals surface area contributed by atoms with Gasteiger partial charge in [-0.15, -0.1) is 0 Å². The fraction of sp³-hybridized carbons (Fsp3) is 0.0741. The summed E-state index contributed by atoms with van der Waals surface area (Å²) < 4.78 is 1.06. The van der Waals surface area contributed by atoms with Crippen molar-refractivity contribution in [2.24, 2.45) is 4.99 Å². The molecule has 0 amide bonds. The minimum absolute atomic E-state index is 0.617. The average Bonchev–Trinajstić information content (AvgIpc) is 2.82. The van der Waals surface area contributed by atoms with Gasteiger partial charge in [0.25, 0.3) is 0 Å². The second-order valence-electron chi connectivity index (χ2n) is 7.46. The van der Waals surface area contributed by atoms with E-state index in [2.05, 4.69) is 137 Å². The monoisotopic (exact) mass is 452 g/mol. The van der Waals surface area contributed by atoms with E-state index < -0.39 is 5.54 Å². The molecule has 1 heterocycles. The van der Waals surface area contributed by atoms with E-state index in [1.54, 1.807) is 0 Å². The number of aliphatic imine (C=N–C) groups is 1. The molecule has 0 radical (unpaired) electrons. The van der Waals surface area contributed by atoms with Gasteiger partial charge >= 0.3 is 0 Å². The highest BCUT2D eigenvalue weighted by Crippen LogP contribution is 2.47. The van der Waals surface area contributed by atoms with Crippen LogP contribution in [0.1, 0.15) is 22.3 Å². The third kappa shape index (κ3) is 2.98. The van der Waals surface area contributed by atoms with Gasteiger partial charge in [0.2, 0.25) is 0 Å². The fourth-order valence-electron chi connectivity index (χ4n) is 4.30. The molecule has 5 rings (SSSR count). The average molecular weight is 453 g/mol. The molecule has 30 heavy (non-hydrogen) atoms. The van der Waals surface area contributed by atoms with Gasteiger partial charge < -0.3 is 4.90 Å². The smallest absolute Gasteiger partial charge is 0.140 e. The van der Waals surface area contributed by atoms with Crippen LogP contribution in [-0.2, 0) is 5.54 Å². The molecule has 0 bridgehead atoms. The second-order valence-corrected chi connectivity index (χ2v) is 8.38. The number of hydrogen-bond acceptors (Lipinski definition) is 2. The first-order valence-corrected chi connectivity index (χ1v) is 10.8. The zero-order valence-electron chi connectivity index (χ0n) is 16.7. The lowest BCUT2D eigenvalue weighted by atomic mass is 9.75. The van der Waals surface area contributed by atoms with Gasteiger partial charge in [-0.25, -0.2) is 4.99 Å². The molecule has 4 aromatic carbocycles. The Kier molecular flexibility index (Phi) is 4.76. The van der Waals surface area contributed by atoms with Crippen LogP contribution in [0.25, 0.3) is 0 Å². The maximum atomic E-state index is 5.50. The number of anilines is 1. The second kappa shape index (κ2) is 7.58. The molecule has 0 N–H and O–H groups in total. The molecule has 0 fully saturated rings. The minimum Gasteiger partial charge on any atom is -0.329 e. The molecule has 2 nitrogen and oxygen atoms in total. The van der Waals surface area contributed by atoms with Gasteiger partial charge in [-0.2, -0.15) is 0 Å². The van der Waals surface area contributed by atoms with Gasteiger partial charge in [0.05, 0.1) is 0 Å². The summed E-state index contributed by atoms with van der Waals surface area (Å²) in [5.74, 6) is 0.953. The maximum absolute atomic E-state index is 5.50. The van der Waals surface area contributed by atoms with Gasteiger partial charge in [0, 0.05) is 28.3 Å². The summed E-state index contributed by atoms with van der Waals surface area (Å²) >= 11 is 3.55. The summed E-state index contributed by atoms with van der Waals surface area (Å²) in [7, 11) is 2.10. The summed E-state index contributed by atoms with van der Waals surface area (Å²) in [5, 5.41) is 0. The highest BCUT2D eigenvalue weighted by molar-refractivity contribution is 9.10. The molecule has 4 aromatic rings. The Morgan fingerprint density at radius 3 is 1.80 bits per heavy atom. The van der Waals surface area contributed by atoms with E-state index >= 15 is 0 Å². The summed E-state index contributed by atoms with van der Waals surface area (Å²) in [5.41, 5.74) is 5.14. The molecule has 0 saturated carbocycles. The molecular weight excluding hydrogens is 432 g/mol. The topological polar surface area (TPSA) is 15.6 Å². The lowest BCUT2D eigenvalue weighted by Gasteiger charge is -2.41. The van der Waals surface area contributed by atoms with Crippen LogP contribution in [-0.4, -0.2) is 12.9 Å².